The second-order valence-corrected chi connectivity index (χ2v) is 6.15. The van der Waals surface area contributed by atoms with Crippen molar-refractivity contribution in [2.75, 3.05) is 27.2 Å². The van der Waals surface area contributed by atoms with Crippen LogP contribution in [-0.2, 0) is 13.6 Å². The average Bonchev–Trinajstić information content (AvgIpc) is 2.79. The van der Waals surface area contributed by atoms with Gasteiger partial charge < -0.3 is 19.8 Å². The van der Waals surface area contributed by atoms with Crippen LogP contribution in [0.1, 0.15) is 17.0 Å². The van der Waals surface area contributed by atoms with Gasteiger partial charge >= 0.3 is 0 Å². The van der Waals surface area contributed by atoms with Gasteiger partial charge in [-0.05, 0) is 31.7 Å². The molecule has 126 valence electrons. The van der Waals surface area contributed by atoms with Crippen molar-refractivity contribution in [1.29, 1.82) is 5.41 Å². The van der Waals surface area contributed by atoms with Gasteiger partial charge in [-0.1, -0.05) is 30.8 Å². The zero-order valence-corrected chi connectivity index (χ0v) is 15.3. The van der Waals surface area contributed by atoms with Gasteiger partial charge in [-0.2, -0.15) is 0 Å². The third-order valence-electron chi connectivity index (χ3n) is 4.08. The second kappa shape index (κ2) is 8.75. The van der Waals surface area contributed by atoms with Crippen molar-refractivity contribution in [3.8, 4) is 0 Å². The summed E-state index contributed by atoms with van der Waals surface area (Å²) in [4.78, 5) is 4.30. The first-order valence-electron chi connectivity index (χ1n) is 7.54. The molecule has 1 aromatic rings. The molecule has 1 N–H and O–H groups in total. The van der Waals surface area contributed by atoms with E-state index in [1.165, 1.54) is 17.5 Å². The summed E-state index contributed by atoms with van der Waals surface area (Å²) in [6, 6.07) is 2.07. The fourth-order valence-electron chi connectivity index (χ4n) is 2.29. The molecule has 1 heterocycles. The van der Waals surface area contributed by atoms with E-state index < -0.39 is 0 Å². The fraction of sp³-hybridized carbons (Fsp3) is 0.389. The molecule has 0 aromatic carbocycles. The highest BCUT2D eigenvalue weighted by atomic mass is 35.5. The molecule has 5 heteroatoms. The molecule has 0 saturated carbocycles. The first kappa shape index (κ1) is 19.3. The van der Waals surface area contributed by atoms with E-state index in [0.29, 0.717) is 5.03 Å². The van der Waals surface area contributed by atoms with Gasteiger partial charge in [0.25, 0.3) is 0 Å². The standard InChI is InChI=1S/C18H27ClN4/c1-7-8-18(19)15(3)22(5)10-9-21(4)13-16-11-17(12-20)23(6)14(16)2/h7-8,11-12,20H,1,3,9-10,13H2,2,4-6H3/b18-8+,20-12?. The van der Waals surface area contributed by atoms with Crippen LogP contribution in [0.4, 0.5) is 0 Å². The summed E-state index contributed by atoms with van der Waals surface area (Å²) in [5, 5.41) is 8.05. The van der Waals surface area contributed by atoms with E-state index in [9.17, 15) is 0 Å². The Hall–Kier alpha value is -1.78. The molecule has 0 atom stereocenters. The molecule has 0 aliphatic rings. The third kappa shape index (κ3) is 5.12. The minimum atomic E-state index is 0.611. The van der Waals surface area contributed by atoms with Gasteiger partial charge in [-0.15, -0.1) is 0 Å². The van der Waals surface area contributed by atoms with Crippen LogP contribution in [0.5, 0.6) is 0 Å². The lowest BCUT2D eigenvalue weighted by atomic mass is 10.2. The van der Waals surface area contributed by atoms with Gasteiger partial charge in [-0.25, -0.2) is 0 Å². The molecule has 0 aliphatic carbocycles. The van der Waals surface area contributed by atoms with Crippen LogP contribution in [0, 0.1) is 12.3 Å². The molecular formula is C18H27ClN4. The summed E-state index contributed by atoms with van der Waals surface area (Å²) in [5.41, 5.74) is 4.17. The Morgan fingerprint density at radius 3 is 2.57 bits per heavy atom. The van der Waals surface area contributed by atoms with Crippen molar-refractivity contribution in [3.05, 3.63) is 59.1 Å². The molecule has 0 spiro atoms. The summed E-state index contributed by atoms with van der Waals surface area (Å²) in [5.74, 6) is 0. The lowest BCUT2D eigenvalue weighted by molar-refractivity contribution is 0.282. The van der Waals surface area contributed by atoms with Crippen molar-refractivity contribution < 1.29 is 0 Å². The van der Waals surface area contributed by atoms with Gasteiger partial charge in [0.2, 0.25) is 0 Å². The Bertz CT molecular complexity index is 613. The van der Waals surface area contributed by atoms with Crippen molar-refractivity contribution >= 4 is 17.8 Å². The summed E-state index contributed by atoms with van der Waals surface area (Å²) >= 11 is 6.14. The average molecular weight is 335 g/mol. The lowest BCUT2D eigenvalue weighted by Crippen LogP contribution is -2.30. The molecular weight excluding hydrogens is 308 g/mol. The van der Waals surface area contributed by atoms with Gasteiger partial charge in [0, 0.05) is 51.3 Å². The number of likely N-dealkylation sites (N-methyl/N-ethyl adjacent to an activating group) is 2. The Kier molecular flexibility index (Phi) is 7.33. The summed E-state index contributed by atoms with van der Waals surface area (Å²) in [7, 11) is 6.07. The van der Waals surface area contributed by atoms with Crippen molar-refractivity contribution in [2.24, 2.45) is 7.05 Å². The maximum Gasteiger partial charge on any atom is 0.0633 e. The van der Waals surface area contributed by atoms with Gasteiger partial charge in [-0.3, -0.25) is 0 Å². The fourth-order valence-corrected chi connectivity index (χ4v) is 2.53. The van der Waals surface area contributed by atoms with Crippen LogP contribution in [0.25, 0.3) is 0 Å². The third-order valence-corrected chi connectivity index (χ3v) is 4.43. The highest BCUT2D eigenvalue weighted by molar-refractivity contribution is 6.31. The number of nitrogens with zero attached hydrogens (tertiary/aromatic N) is 3. The SMILES string of the molecule is C=C/C=C(/Cl)C(=C)N(C)CCN(C)Cc1cc(C=N)n(C)c1C. The Labute approximate surface area is 144 Å². The van der Waals surface area contributed by atoms with E-state index in [-0.39, 0.29) is 0 Å². The summed E-state index contributed by atoms with van der Waals surface area (Å²) < 4.78 is 2.05. The Morgan fingerprint density at radius 1 is 1.39 bits per heavy atom. The number of aromatic nitrogens is 1. The van der Waals surface area contributed by atoms with Gasteiger partial charge in [0.15, 0.2) is 0 Å². The first-order chi connectivity index (χ1) is 10.8. The molecule has 0 aliphatic heterocycles. The van der Waals surface area contributed by atoms with E-state index in [1.807, 2.05) is 23.6 Å². The number of hydrogen-bond donors (Lipinski definition) is 1. The van der Waals surface area contributed by atoms with Crippen LogP contribution >= 0.6 is 11.6 Å². The molecule has 0 bridgehead atoms. The maximum atomic E-state index is 7.44. The van der Waals surface area contributed by atoms with E-state index in [4.69, 9.17) is 17.0 Å². The normalized spacial score (nSPS) is 11.7. The van der Waals surface area contributed by atoms with E-state index in [2.05, 4.69) is 38.1 Å². The monoisotopic (exact) mass is 334 g/mol. The van der Waals surface area contributed by atoms with E-state index in [0.717, 1.165) is 31.0 Å². The predicted molar refractivity (Wildman–Crippen MR) is 100 cm³/mol. The molecule has 0 radical (unpaired) electrons. The highest BCUT2D eigenvalue weighted by Gasteiger charge is 2.11. The van der Waals surface area contributed by atoms with E-state index >= 15 is 0 Å². The number of rotatable bonds is 9. The molecule has 0 fully saturated rings. The molecule has 1 rings (SSSR count). The minimum absolute atomic E-state index is 0.611. The summed E-state index contributed by atoms with van der Waals surface area (Å²) in [6.07, 6.45) is 4.80. The highest BCUT2D eigenvalue weighted by Crippen LogP contribution is 2.17. The van der Waals surface area contributed by atoms with Crippen LogP contribution in [0.3, 0.4) is 0 Å². The maximum absolute atomic E-state index is 7.44. The molecule has 23 heavy (non-hydrogen) atoms. The minimum Gasteiger partial charge on any atom is -0.373 e. The zero-order chi connectivity index (χ0) is 17.6. The molecule has 0 saturated heterocycles. The van der Waals surface area contributed by atoms with E-state index in [1.54, 1.807) is 12.2 Å². The van der Waals surface area contributed by atoms with Gasteiger partial charge in [0.1, 0.15) is 0 Å². The number of nitrogens with one attached hydrogen (secondary N) is 1. The lowest BCUT2D eigenvalue weighted by Gasteiger charge is -2.25. The number of allylic oxidation sites excluding steroid dienone is 3. The predicted octanol–water partition coefficient (Wildman–Crippen LogP) is 3.52. The second-order valence-electron chi connectivity index (χ2n) is 5.74. The van der Waals surface area contributed by atoms with Crippen molar-refractivity contribution in [1.82, 2.24) is 14.4 Å². The van der Waals surface area contributed by atoms with Crippen LogP contribution in [0.15, 0.2) is 42.1 Å². The largest absolute Gasteiger partial charge is 0.373 e. The molecule has 0 unspecified atom stereocenters. The van der Waals surface area contributed by atoms with Crippen LogP contribution in [-0.4, -0.2) is 47.8 Å². The molecule has 4 nitrogen and oxygen atoms in total. The van der Waals surface area contributed by atoms with Crippen molar-refractivity contribution in [2.45, 2.75) is 13.5 Å². The molecule has 1 aromatic heterocycles. The Morgan fingerprint density at radius 2 is 2.04 bits per heavy atom. The quantitative estimate of drug-likeness (QED) is 0.554. The number of halogens is 1. The number of hydrogen-bond acceptors (Lipinski definition) is 3. The van der Waals surface area contributed by atoms with Crippen molar-refractivity contribution in [3.63, 3.8) is 0 Å². The topological polar surface area (TPSA) is 35.3 Å². The summed E-state index contributed by atoms with van der Waals surface area (Å²) in [6.45, 7) is 12.3. The molecule has 0 amide bonds. The first-order valence-corrected chi connectivity index (χ1v) is 7.92. The van der Waals surface area contributed by atoms with Crippen LogP contribution < -0.4 is 0 Å². The Balaban J connectivity index is 2.59. The van der Waals surface area contributed by atoms with Crippen LogP contribution in [0.2, 0.25) is 0 Å². The zero-order valence-electron chi connectivity index (χ0n) is 14.6. The van der Waals surface area contributed by atoms with Gasteiger partial charge in [0.05, 0.1) is 10.7 Å². The smallest absolute Gasteiger partial charge is 0.0633 e.